The highest BCUT2D eigenvalue weighted by Crippen LogP contribution is 2.33. The summed E-state index contributed by atoms with van der Waals surface area (Å²) >= 11 is 0. The first kappa shape index (κ1) is 19.6. The van der Waals surface area contributed by atoms with Crippen LogP contribution in [0.15, 0.2) is 75.0 Å². The van der Waals surface area contributed by atoms with Crippen LogP contribution in [-0.4, -0.2) is 29.5 Å². The highest BCUT2D eigenvalue weighted by Gasteiger charge is 2.35. The van der Waals surface area contributed by atoms with Crippen molar-refractivity contribution >= 4 is 17.3 Å². The third kappa shape index (κ3) is 4.48. The predicted molar refractivity (Wildman–Crippen MR) is 99.8 cm³/mol. The lowest BCUT2D eigenvalue weighted by atomic mass is 10.1. The average Bonchev–Trinajstić information content (AvgIpc) is 3.46. The zero-order chi connectivity index (χ0) is 21.1. The summed E-state index contributed by atoms with van der Waals surface area (Å²) in [4.78, 5) is 12.8. The largest absolute Gasteiger partial charge is 0.573 e. The zero-order valence-corrected chi connectivity index (χ0v) is 15.4. The monoisotopic (exact) mass is 419 g/mol. The molecule has 4 rings (SSSR count). The van der Waals surface area contributed by atoms with Crippen LogP contribution < -0.4 is 10.1 Å². The second-order valence-electron chi connectivity index (χ2n) is 6.42. The summed E-state index contributed by atoms with van der Waals surface area (Å²) in [5.41, 5.74) is 1.07. The van der Waals surface area contributed by atoms with Crippen molar-refractivity contribution in [1.82, 2.24) is 5.01 Å². The van der Waals surface area contributed by atoms with Gasteiger partial charge in [-0.1, -0.05) is 0 Å². The van der Waals surface area contributed by atoms with Crippen LogP contribution in [0.1, 0.15) is 24.0 Å². The van der Waals surface area contributed by atoms with Gasteiger partial charge in [0.05, 0.1) is 19.1 Å². The molecule has 156 valence electrons. The average molecular weight is 419 g/mol. The van der Waals surface area contributed by atoms with E-state index in [1.165, 1.54) is 29.7 Å². The van der Waals surface area contributed by atoms with Gasteiger partial charge < -0.3 is 18.9 Å². The topological polar surface area (TPSA) is 80.2 Å². The maximum atomic E-state index is 12.8. The number of carbonyl (C=O) groups excluding carboxylic acids is 1. The first-order valence-corrected chi connectivity index (χ1v) is 8.95. The Morgan fingerprint density at radius 1 is 1.13 bits per heavy atom. The van der Waals surface area contributed by atoms with Crippen LogP contribution in [0, 0.1) is 0 Å². The Bertz CT molecular complexity index is 1010. The molecule has 0 bridgehead atoms. The minimum atomic E-state index is -4.76. The molecule has 0 aliphatic carbocycles. The lowest BCUT2D eigenvalue weighted by Gasteiger charge is -2.20. The van der Waals surface area contributed by atoms with Gasteiger partial charge in [-0.25, -0.2) is 5.01 Å². The van der Waals surface area contributed by atoms with E-state index in [4.69, 9.17) is 8.83 Å². The summed E-state index contributed by atoms with van der Waals surface area (Å²) in [7, 11) is 0. The Balaban J connectivity index is 1.44. The van der Waals surface area contributed by atoms with Gasteiger partial charge in [0.2, 0.25) is 0 Å². The number of alkyl halides is 3. The highest BCUT2D eigenvalue weighted by atomic mass is 19.4. The second kappa shape index (κ2) is 7.97. The molecule has 1 aliphatic heterocycles. The van der Waals surface area contributed by atoms with Gasteiger partial charge in [-0.15, -0.1) is 13.2 Å². The van der Waals surface area contributed by atoms with Crippen LogP contribution in [-0.2, 0) is 4.79 Å². The number of anilines is 1. The number of amides is 1. The van der Waals surface area contributed by atoms with Gasteiger partial charge in [-0.2, -0.15) is 5.10 Å². The second-order valence-corrected chi connectivity index (χ2v) is 6.42. The van der Waals surface area contributed by atoms with E-state index in [1.807, 2.05) is 0 Å². The number of hydrazone groups is 1. The number of hydrogen-bond donors (Lipinski definition) is 1. The summed E-state index contributed by atoms with van der Waals surface area (Å²) in [6.45, 7) is -0.119. The predicted octanol–water partition coefficient (Wildman–Crippen LogP) is 4.56. The Labute approximate surface area is 168 Å². The molecule has 0 radical (unpaired) electrons. The van der Waals surface area contributed by atoms with Crippen molar-refractivity contribution in [1.29, 1.82) is 0 Å². The fraction of sp³-hybridized carbons (Fsp3) is 0.200. The Kier molecular flexibility index (Phi) is 5.21. The van der Waals surface area contributed by atoms with Gasteiger partial charge in [0.15, 0.2) is 0 Å². The maximum Gasteiger partial charge on any atom is 0.573 e. The van der Waals surface area contributed by atoms with Crippen molar-refractivity contribution in [3.05, 3.63) is 72.6 Å². The molecule has 0 saturated carbocycles. The summed E-state index contributed by atoms with van der Waals surface area (Å²) in [5, 5.41) is 8.60. The molecule has 2 aromatic heterocycles. The molecule has 1 unspecified atom stereocenters. The number of furan rings is 2. The Morgan fingerprint density at radius 3 is 2.50 bits per heavy atom. The molecule has 1 aromatic carbocycles. The van der Waals surface area contributed by atoms with Gasteiger partial charge in [0.25, 0.3) is 5.91 Å². The lowest BCUT2D eigenvalue weighted by Crippen LogP contribution is -2.32. The standard InChI is InChI=1S/C20H16F3N3O4/c21-20(22,23)30-14-7-5-13(6-8-14)24-12-19(27)26-16(18-4-2-10-29-18)11-15(25-26)17-3-1-9-28-17/h1-10,16,24H,11-12H2. The van der Waals surface area contributed by atoms with Gasteiger partial charge in [-0.3, -0.25) is 4.79 Å². The molecular formula is C20H16F3N3O4. The quantitative estimate of drug-likeness (QED) is 0.634. The first-order valence-electron chi connectivity index (χ1n) is 8.95. The fourth-order valence-corrected chi connectivity index (χ4v) is 3.07. The van der Waals surface area contributed by atoms with Crippen molar-refractivity contribution in [3.8, 4) is 5.75 Å². The minimum Gasteiger partial charge on any atom is -0.467 e. The number of nitrogens with zero attached hydrogens (tertiary/aromatic N) is 2. The van der Waals surface area contributed by atoms with Crippen molar-refractivity contribution in [2.24, 2.45) is 5.10 Å². The van der Waals surface area contributed by atoms with Crippen LogP contribution in [0.3, 0.4) is 0 Å². The van der Waals surface area contributed by atoms with Crippen molar-refractivity contribution in [3.63, 3.8) is 0 Å². The van der Waals surface area contributed by atoms with Crippen LogP contribution in [0.4, 0.5) is 18.9 Å². The minimum absolute atomic E-state index is 0.119. The zero-order valence-electron chi connectivity index (χ0n) is 15.4. The summed E-state index contributed by atoms with van der Waals surface area (Å²) in [5.74, 6) is 0.468. The van der Waals surface area contributed by atoms with E-state index in [-0.39, 0.29) is 18.2 Å². The molecule has 3 aromatic rings. The SMILES string of the molecule is O=C(CNc1ccc(OC(F)(F)F)cc1)N1N=C(c2ccco2)CC1c1ccco1. The van der Waals surface area contributed by atoms with Gasteiger partial charge in [0, 0.05) is 12.1 Å². The van der Waals surface area contributed by atoms with E-state index < -0.39 is 12.4 Å². The molecule has 10 heteroatoms. The molecular weight excluding hydrogens is 403 g/mol. The first-order chi connectivity index (χ1) is 14.4. The van der Waals surface area contributed by atoms with Crippen molar-refractivity contribution in [2.45, 2.75) is 18.8 Å². The molecule has 0 spiro atoms. The summed E-state index contributed by atoms with van der Waals surface area (Å²) in [6, 6.07) is 11.7. The lowest BCUT2D eigenvalue weighted by molar-refractivity contribution is -0.274. The van der Waals surface area contributed by atoms with Crippen LogP contribution in [0.5, 0.6) is 5.75 Å². The molecule has 1 aliphatic rings. The molecule has 1 N–H and O–H groups in total. The third-order valence-corrected chi connectivity index (χ3v) is 4.37. The fourth-order valence-electron chi connectivity index (χ4n) is 3.07. The van der Waals surface area contributed by atoms with Gasteiger partial charge in [-0.05, 0) is 48.5 Å². The Morgan fingerprint density at radius 2 is 1.87 bits per heavy atom. The number of ether oxygens (including phenoxy) is 1. The summed E-state index contributed by atoms with van der Waals surface area (Å²) < 4.78 is 51.4. The highest BCUT2D eigenvalue weighted by molar-refractivity contribution is 6.01. The number of nitrogens with one attached hydrogen (secondary N) is 1. The van der Waals surface area contributed by atoms with E-state index in [0.717, 1.165) is 12.1 Å². The van der Waals surface area contributed by atoms with Crippen molar-refractivity contribution < 1.29 is 31.5 Å². The molecule has 1 amide bonds. The molecule has 1 atom stereocenters. The van der Waals surface area contributed by atoms with Crippen LogP contribution in [0.2, 0.25) is 0 Å². The van der Waals surface area contributed by atoms with E-state index in [9.17, 15) is 18.0 Å². The number of carbonyl (C=O) groups is 1. The molecule has 0 fully saturated rings. The normalized spacial score (nSPS) is 16.4. The third-order valence-electron chi connectivity index (χ3n) is 4.37. The van der Waals surface area contributed by atoms with Crippen molar-refractivity contribution in [2.75, 3.05) is 11.9 Å². The number of hydrogen-bond acceptors (Lipinski definition) is 6. The van der Waals surface area contributed by atoms with Gasteiger partial charge in [0.1, 0.15) is 29.0 Å². The van der Waals surface area contributed by atoms with E-state index in [0.29, 0.717) is 29.3 Å². The molecule has 3 heterocycles. The van der Waals surface area contributed by atoms with Gasteiger partial charge >= 0.3 is 6.36 Å². The number of benzene rings is 1. The molecule has 30 heavy (non-hydrogen) atoms. The summed E-state index contributed by atoms with van der Waals surface area (Å²) in [6.07, 6.45) is -1.29. The van der Waals surface area contributed by atoms with E-state index in [1.54, 1.807) is 24.3 Å². The Hall–Kier alpha value is -3.69. The van der Waals surface area contributed by atoms with Crippen LogP contribution in [0.25, 0.3) is 0 Å². The maximum absolute atomic E-state index is 12.8. The van der Waals surface area contributed by atoms with E-state index >= 15 is 0 Å². The van der Waals surface area contributed by atoms with E-state index in [2.05, 4.69) is 15.2 Å². The smallest absolute Gasteiger partial charge is 0.467 e. The number of rotatable bonds is 6. The molecule has 0 saturated heterocycles. The molecule has 7 nitrogen and oxygen atoms in total. The number of halogens is 3. The van der Waals surface area contributed by atoms with Crippen LogP contribution >= 0.6 is 0 Å².